The van der Waals surface area contributed by atoms with Crippen LogP contribution < -0.4 is 9.80 Å². The van der Waals surface area contributed by atoms with E-state index in [1.165, 1.54) is 89.3 Å². The molecule has 9 aromatic carbocycles. The van der Waals surface area contributed by atoms with Gasteiger partial charge in [-0.2, -0.15) is 0 Å². The van der Waals surface area contributed by atoms with Gasteiger partial charge >= 0.3 is 0 Å². The molecule has 0 saturated carbocycles. The van der Waals surface area contributed by atoms with Gasteiger partial charge in [0.15, 0.2) is 0 Å². The SMILES string of the molecule is CC1C=C2C(=CC1N(c1ccccc1)c1cccc(-c3ccc(-c4ccc(-c5cccc(N(c6ccccc6)c6ccc7c(c6)C(C)(C)c6ccccc6-7)c5)cc4)cc3)c1)C(C)(C)c1ccccc12. The van der Waals surface area contributed by atoms with E-state index < -0.39 is 0 Å². The topological polar surface area (TPSA) is 6.48 Å². The summed E-state index contributed by atoms with van der Waals surface area (Å²) in [7, 11) is 0. The van der Waals surface area contributed by atoms with Crippen LogP contribution in [-0.2, 0) is 10.8 Å². The highest BCUT2D eigenvalue weighted by atomic mass is 15.2. The molecule has 2 atom stereocenters. The van der Waals surface area contributed by atoms with Crippen molar-refractivity contribution in [3.05, 3.63) is 264 Å². The molecule has 69 heavy (non-hydrogen) atoms. The van der Waals surface area contributed by atoms with E-state index in [0.717, 1.165) is 17.1 Å². The monoisotopic (exact) mass is 888 g/mol. The predicted octanol–water partition coefficient (Wildman–Crippen LogP) is 17.9. The Bertz CT molecular complexity index is 3450. The van der Waals surface area contributed by atoms with Crippen LogP contribution in [-0.4, -0.2) is 6.04 Å². The highest BCUT2D eigenvalue weighted by Gasteiger charge is 2.42. The number of benzene rings is 9. The number of para-hydroxylation sites is 2. The summed E-state index contributed by atoms with van der Waals surface area (Å²) in [5, 5.41) is 0. The minimum Gasteiger partial charge on any atom is -0.334 e. The molecule has 2 heteroatoms. The summed E-state index contributed by atoms with van der Waals surface area (Å²) in [6, 6.07) is 82.8. The van der Waals surface area contributed by atoms with Gasteiger partial charge in [0, 0.05) is 39.3 Å². The van der Waals surface area contributed by atoms with E-state index in [0.29, 0.717) is 5.92 Å². The van der Waals surface area contributed by atoms with Gasteiger partial charge in [-0.3, -0.25) is 0 Å². The summed E-state index contributed by atoms with van der Waals surface area (Å²) < 4.78 is 0. The summed E-state index contributed by atoms with van der Waals surface area (Å²) in [5.41, 5.74) is 23.9. The molecule has 334 valence electrons. The van der Waals surface area contributed by atoms with Crippen molar-refractivity contribution in [1.29, 1.82) is 0 Å². The van der Waals surface area contributed by atoms with Crippen molar-refractivity contribution in [3.8, 4) is 44.5 Å². The minimum atomic E-state index is -0.0832. The van der Waals surface area contributed by atoms with Crippen LogP contribution in [0.5, 0.6) is 0 Å². The Kier molecular flexibility index (Phi) is 10.3. The number of hydrogen-bond acceptors (Lipinski definition) is 2. The van der Waals surface area contributed by atoms with Gasteiger partial charge in [-0.15, -0.1) is 0 Å². The van der Waals surface area contributed by atoms with Crippen molar-refractivity contribution in [2.75, 3.05) is 9.80 Å². The average molecular weight is 889 g/mol. The summed E-state index contributed by atoms with van der Waals surface area (Å²) >= 11 is 0. The molecule has 3 aliphatic carbocycles. The maximum atomic E-state index is 2.56. The smallest absolute Gasteiger partial charge is 0.0588 e. The Hall–Kier alpha value is -7.94. The normalized spacial score (nSPS) is 16.9. The molecule has 0 N–H and O–H groups in total. The first-order valence-electron chi connectivity index (χ1n) is 24.5. The average Bonchev–Trinajstić information content (AvgIpc) is 3.76. The van der Waals surface area contributed by atoms with Crippen molar-refractivity contribution >= 4 is 34.0 Å². The molecule has 12 rings (SSSR count). The highest BCUT2D eigenvalue weighted by molar-refractivity contribution is 5.92. The van der Waals surface area contributed by atoms with E-state index >= 15 is 0 Å². The first-order valence-corrected chi connectivity index (χ1v) is 24.5. The van der Waals surface area contributed by atoms with Crippen molar-refractivity contribution in [2.45, 2.75) is 51.5 Å². The lowest BCUT2D eigenvalue weighted by atomic mass is 9.77. The summed E-state index contributed by atoms with van der Waals surface area (Å²) in [4.78, 5) is 4.94. The third-order valence-electron chi connectivity index (χ3n) is 15.3. The number of fused-ring (bicyclic) bond motifs is 6. The molecular weight excluding hydrogens is 833 g/mol. The molecule has 0 saturated heterocycles. The molecule has 0 radical (unpaired) electrons. The van der Waals surface area contributed by atoms with Crippen LogP contribution >= 0.6 is 0 Å². The van der Waals surface area contributed by atoms with Gasteiger partial charge in [-0.25, -0.2) is 0 Å². The second kappa shape index (κ2) is 16.7. The molecule has 0 amide bonds. The van der Waals surface area contributed by atoms with Gasteiger partial charge in [0.1, 0.15) is 0 Å². The van der Waals surface area contributed by atoms with E-state index in [-0.39, 0.29) is 16.9 Å². The molecular formula is C67H56N2. The van der Waals surface area contributed by atoms with Gasteiger partial charge in [0.25, 0.3) is 0 Å². The van der Waals surface area contributed by atoms with Crippen LogP contribution in [0.15, 0.2) is 242 Å². The molecule has 2 nitrogen and oxygen atoms in total. The van der Waals surface area contributed by atoms with Crippen molar-refractivity contribution in [1.82, 2.24) is 0 Å². The Morgan fingerprint density at radius 2 is 0.797 bits per heavy atom. The number of allylic oxidation sites excluding steroid dienone is 2. The molecule has 0 fully saturated rings. The van der Waals surface area contributed by atoms with Crippen molar-refractivity contribution < 1.29 is 0 Å². The maximum absolute atomic E-state index is 2.56. The fraction of sp³-hybridized carbons (Fsp3) is 0.134. The molecule has 0 heterocycles. The second-order valence-corrected chi connectivity index (χ2v) is 20.2. The van der Waals surface area contributed by atoms with Gasteiger partial charge < -0.3 is 9.80 Å². The van der Waals surface area contributed by atoms with Gasteiger partial charge in [0.2, 0.25) is 0 Å². The summed E-state index contributed by atoms with van der Waals surface area (Å²) in [6.07, 6.45) is 5.08. The zero-order valence-electron chi connectivity index (χ0n) is 40.1. The van der Waals surface area contributed by atoms with Gasteiger partial charge in [-0.1, -0.05) is 211 Å². The van der Waals surface area contributed by atoms with E-state index in [2.05, 4.69) is 281 Å². The number of hydrogen-bond donors (Lipinski definition) is 0. The lowest BCUT2D eigenvalue weighted by Gasteiger charge is -2.39. The zero-order valence-corrected chi connectivity index (χ0v) is 40.1. The van der Waals surface area contributed by atoms with Crippen LogP contribution in [0.3, 0.4) is 0 Å². The third-order valence-corrected chi connectivity index (χ3v) is 15.3. The zero-order chi connectivity index (χ0) is 46.9. The number of nitrogens with zero attached hydrogens (tertiary/aromatic N) is 2. The van der Waals surface area contributed by atoms with Crippen LogP contribution in [0.2, 0.25) is 0 Å². The van der Waals surface area contributed by atoms with Crippen molar-refractivity contribution in [2.24, 2.45) is 5.92 Å². The van der Waals surface area contributed by atoms with Crippen LogP contribution in [0.4, 0.5) is 28.4 Å². The molecule has 0 bridgehead atoms. The second-order valence-electron chi connectivity index (χ2n) is 20.2. The van der Waals surface area contributed by atoms with Crippen molar-refractivity contribution in [3.63, 3.8) is 0 Å². The molecule has 9 aromatic rings. The fourth-order valence-corrected chi connectivity index (χ4v) is 11.7. The maximum Gasteiger partial charge on any atom is 0.0588 e. The van der Waals surface area contributed by atoms with E-state index in [1.54, 1.807) is 0 Å². The first-order chi connectivity index (χ1) is 33.6. The highest BCUT2D eigenvalue weighted by Crippen LogP contribution is 2.54. The predicted molar refractivity (Wildman–Crippen MR) is 292 cm³/mol. The Balaban J connectivity index is 0.816. The van der Waals surface area contributed by atoms with E-state index in [1.807, 2.05) is 0 Å². The van der Waals surface area contributed by atoms with Crippen LogP contribution in [0.1, 0.15) is 56.9 Å². The van der Waals surface area contributed by atoms with E-state index in [4.69, 9.17) is 0 Å². The number of anilines is 5. The number of rotatable bonds is 9. The quantitative estimate of drug-likeness (QED) is 0.142. The van der Waals surface area contributed by atoms with E-state index in [9.17, 15) is 0 Å². The minimum absolute atomic E-state index is 0.0572. The third kappa shape index (κ3) is 7.25. The molecule has 0 aromatic heterocycles. The molecule has 3 aliphatic rings. The molecule has 0 spiro atoms. The Morgan fingerprint density at radius 3 is 1.42 bits per heavy atom. The van der Waals surface area contributed by atoms with Crippen LogP contribution in [0, 0.1) is 5.92 Å². The Labute approximate surface area is 408 Å². The summed E-state index contributed by atoms with van der Waals surface area (Å²) in [5.74, 6) is 0.301. The largest absolute Gasteiger partial charge is 0.334 e. The lowest BCUT2D eigenvalue weighted by molar-refractivity contribution is 0.585. The fourth-order valence-electron chi connectivity index (χ4n) is 11.7. The molecule has 2 unspecified atom stereocenters. The lowest BCUT2D eigenvalue weighted by Crippen LogP contribution is -2.37. The van der Waals surface area contributed by atoms with Gasteiger partial charge in [0.05, 0.1) is 6.04 Å². The van der Waals surface area contributed by atoms with Gasteiger partial charge in [-0.05, 0) is 144 Å². The standard InChI is InChI=1S/C67H56N2/c1-45-40-60-58-27-13-15-29-62(58)67(4,5)64(60)44-65(45)69(53-22-10-7-11-23-53)55-25-17-19-51(42-55)49-36-32-47(33-37-49)46-30-34-48(35-31-46)50-18-16-24-54(41-50)68(52-20-8-6-9-21-52)56-38-39-59-57-26-12-14-28-61(57)66(2,3)63(59)43-56/h6-45,65H,1-5H3. The molecule has 0 aliphatic heterocycles. The summed E-state index contributed by atoms with van der Waals surface area (Å²) in [6.45, 7) is 11.8. The van der Waals surface area contributed by atoms with Crippen LogP contribution in [0.25, 0.3) is 50.1 Å². The first kappa shape index (κ1) is 42.4. The Morgan fingerprint density at radius 1 is 0.333 bits per heavy atom.